The zero-order valence-corrected chi connectivity index (χ0v) is 10.9. The second-order valence-corrected chi connectivity index (χ2v) is 4.03. The highest BCUT2D eigenvalue weighted by Crippen LogP contribution is 2.06. The second kappa shape index (κ2) is 6.93. The molecule has 0 saturated carbocycles. The van der Waals surface area contributed by atoms with Gasteiger partial charge in [0.05, 0.1) is 6.20 Å². The topological polar surface area (TPSA) is 59.0 Å². The maximum absolute atomic E-state index is 11.4. The monoisotopic (exact) mass is 238 g/mol. The van der Waals surface area contributed by atoms with Crippen molar-refractivity contribution >= 4 is 6.03 Å². The number of nitrogens with zero attached hydrogens (tertiary/aromatic N) is 2. The van der Waals surface area contributed by atoms with E-state index in [-0.39, 0.29) is 6.03 Å². The maximum Gasteiger partial charge on any atom is 0.315 e. The molecule has 0 aliphatic carbocycles. The van der Waals surface area contributed by atoms with Crippen molar-refractivity contribution in [2.75, 3.05) is 6.54 Å². The van der Waals surface area contributed by atoms with Gasteiger partial charge in [0.2, 0.25) is 0 Å². The van der Waals surface area contributed by atoms with Crippen LogP contribution >= 0.6 is 0 Å². The number of hydrogen-bond acceptors (Lipinski definition) is 2. The predicted molar refractivity (Wildman–Crippen MR) is 67.8 cm³/mol. The smallest absolute Gasteiger partial charge is 0.315 e. The van der Waals surface area contributed by atoms with E-state index in [1.165, 1.54) is 0 Å². The fourth-order valence-electron chi connectivity index (χ4n) is 1.59. The molecule has 0 unspecified atom stereocenters. The fourth-order valence-corrected chi connectivity index (χ4v) is 1.59. The first-order valence-electron chi connectivity index (χ1n) is 6.22. The van der Waals surface area contributed by atoms with Crippen LogP contribution in [-0.4, -0.2) is 22.4 Å². The Bertz CT molecular complexity index is 359. The molecule has 0 aromatic carbocycles. The number of aryl methyl sites for hydroxylation is 1. The first-order valence-corrected chi connectivity index (χ1v) is 6.22. The van der Waals surface area contributed by atoms with Crippen LogP contribution in [0.2, 0.25) is 0 Å². The molecule has 1 aromatic rings. The molecule has 0 bridgehead atoms. The number of nitrogens with one attached hydrogen (secondary N) is 2. The van der Waals surface area contributed by atoms with Crippen molar-refractivity contribution in [2.24, 2.45) is 0 Å². The molecule has 1 rings (SSSR count). The van der Waals surface area contributed by atoms with Crippen LogP contribution in [-0.2, 0) is 13.1 Å². The average Bonchev–Trinajstić information content (AvgIpc) is 2.68. The Balaban J connectivity index is 2.34. The molecule has 0 saturated heterocycles. The molecule has 5 heteroatoms. The molecular formula is C12H22N4O. The summed E-state index contributed by atoms with van der Waals surface area (Å²) < 4.78 is 1.92. The van der Waals surface area contributed by atoms with Crippen LogP contribution in [0.4, 0.5) is 4.79 Å². The highest BCUT2D eigenvalue weighted by atomic mass is 16.2. The number of urea groups is 1. The fraction of sp³-hybridized carbons (Fsp3) is 0.667. The van der Waals surface area contributed by atoms with Crippen molar-refractivity contribution in [3.8, 4) is 0 Å². The Morgan fingerprint density at radius 2 is 2.18 bits per heavy atom. The molecule has 96 valence electrons. The zero-order valence-electron chi connectivity index (χ0n) is 10.9. The largest absolute Gasteiger partial charge is 0.338 e. The van der Waals surface area contributed by atoms with Crippen LogP contribution in [0.3, 0.4) is 0 Å². The Morgan fingerprint density at radius 3 is 2.76 bits per heavy atom. The highest BCUT2D eigenvalue weighted by molar-refractivity contribution is 5.73. The van der Waals surface area contributed by atoms with E-state index >= 15 is 0 Å². The summed E-state index contributed by atoms with van der Waals surface area (Å²) in [6, 6.07) is -0.109. The van der Waals surface area contributed by atoms with Crippen molar-refractivity contribution in [2.45, 2.75) is 46.7 Å². The predicted octanol–water partition coefficient (Wildman–Crippen LogP) is 1.81. The summed E-state index contributed by atoms with van der Waals surface area (Å²) in [5.74, 6) is 0. The minimum atomic E-state index is -0.109. The van der Waals surface area contributed by atoms with Gasteiger partial charge in [-0.3, -0.25) is 4.68 Å². The molecule has 0 radical (unpaired) electrons. The van der Waals surface area contributed by atoms with Gasteiger partial charge in [-0.25, -0.2) is 4.79 Å². The van der Waals surface area contributed by atoms with Gasteiger partial charge in [0, 0.05) is 30.9 Å². The minimum Gasteiger partial charge on any atom is -0.338 e. The van der Waals surface area contributed by atoms with Gasteiger partial charge in [0.1, 0.15) is 0 Å². The SMILES string of the molecule is CCCCNC(=O)NCc1cnn(CC)c1C. The standard InChI is InChI=1S/C12H22N4O/c1-4-6-7-13-12(17)14-8-11-9-15-16(5-2)10(11)3/h9H,4-8H2,1-3H3,(H2,13,14,17). The minimum absolute atomic E-state index is 0.109. The number of hydrogen-bond donors (Lipinski definition) is 2. The number of aromatic nitrogens is 2. The van der Waals surface area contributed by atoms with Crippen LogP contribution < -0.4 is 10.6 Å². The third kappa shape index (κ3) is 4.09. The van der Waals surface area contributed by atoms with E-state index in [4.69, 9.17) is 0 Å². The van der Waals surface area contributed by atoms with E-state index in [0.29, 0.717) is 6.54 Å². The van der Waals surface area contributed by atoms with Gasteiger partial charge in [-0.1, -0.05) is 13.3 Å². The Morgan fingerprint density at radius 1 is 1.41 bits per heavy atom. The van der Waals surface area contributed by atoms with Gasteiger partial charge in [-0.05, 0) is 20.3 Å². The Labute approximate surface area is 103 Å². The van der Waals surface area contributed by atoms with Crippen LogP contribution in [0.1, 0.15) is 37.9 Å². The van der Waals surface area contributed by atoms with Gasteiger partial charge in [0.15, 0.2) is 0 Å². The van der Waals surface area contributed by atoms with Crippen molar-refractivity contribution in [3.05, 3.63) is 17.5 Å². The van der Waals surface area contributed by atoms with Gasteiger partial charge < -0.3 is 10.6 Å². The molecule has 0 spiro atoms. The number of unbranched alkanes of at least 4 members (excludes halogenated alkanes) is 1. The lowest BCUT2D eigenvalue weighted by Gasteiger charge is -2.07. The van der Waals surface area contributed by atoms with E-state index in [0.717, 1.165) is 37.2 Å². The summed E-state index contributed by atoms with van der Waals surface area (Å²) in [5, 5.41) is 9.88. The van der Waals surface area contributed by atoms with Crippen LogP contribution in [0, 0.1) is 6.92 Å². The number of carbonyl (C=O) groups excluding carboxylic acids is 1. The second-order valence-electron chi connectivity index (χ2n) is 4.03. The van der Waals surface area contributed by atoms with Gasteiger partial charge >= 0.3 is 6.03 Å². The summed E-state index contributed by atoms with van der Waals surface area (Å²) in [6.07, 6.45) is 3.91. The van der Waals surface area contributed by atoms with Crippen LogP contribution in [0.5, 0.6) is 0 Å². The Kier molecular flexibility index (Phi) is 5.52. The summed E-state index contributed by atoms with van der Waals surface area (Å²) in [5.41, 5.74) is 2.18. The van der Waals surface area contributed by atoms with Gasteiger partial charge in [-0.2, -0.15) is 5.10 Å². The number of carbonyl (C=O) groups is 1. The lowest BCUT2D eigenvalue weighted by atomic mass is 10.2. The third-order valence-corrected chi connectivity index (χ3v) is 2.76. The summed E-state index contributed by atoms with van der Waals surface area (Å²) in [7, 11) is 0. The van der Waals surface area contributed by atoms with Gasteiger partial charge in [-0.15, -0.1) is 0 Å². The van der Waals surface area contributed by atoms with E-state index in [2.05, 4.69) is 29.6 Å². The number of rotatable bonds is 6. The zero-order chi connectivity index (χ0) is 12.7. The molecule has 17 heavy (non-hydrogen) atoms. The lowest BCUT2D eigenvalue weighted by Crippen LogP contribution is -2.35. The van der Waals surface area contributed by atoms with Gasteiger partial charge in [0.25, 0.3) is 0 Å². The van der Waals surface area contributed by atoms with Crippen LogP contribution in [0.15, 0.2) is 6.20 Å². The van der Waals surface area contributed by atoms with E-state index in [1.807, 2.05) is 17.8 Å². The number of amides is 2. The van der Waals surface area contributed by atoms with Crippen molar-refractivity contribution in [1.82, 2.24) is 20.4 Å². The van der Waals surface area contributed by atoms with E-state index in [9.17, 15) is 4.79 Å². The molecule has 0 fully saturated rings. The molecule has 1 aromatic heterocycles. The normalized spacial score (nSPS) is 10.3. The van der Waals surface area contributed by atoms with E-state index < -0.39 is 0 Å². The molecule has 2 amide bonds. The van der Waals surface area contributed by atoms with Crippen molar-refractivity contribution in [3.63, 3.8) is 0 Å². The highest BCUT2D eigenvalue weighted by Gasteiger charge is 2.06. The molecule has 0 aliphatic rings. The average molecular weight is 238 g/mol. The van der Waals surface area contributed by atoms with Crippen LogP contribution in [0.25, 0.3) is 0 Å². The summed E-state index contributed by atoms with van der Waals surface area (Å²) in [6.45, 7) is 8.28. The summed E-state index contributed by atoms with van der Waals surface area (Å²) in [4.78, 5) is 11.4. The lowest BCUT2D eigenvalue weighted by molar-refractivity contribution is 0.240. The molecule has 1 heterocycles. The Hall–Kier alpha value is -1.52. The van der Waals surface area contributed by atoms with Crippen molar-refractivity contribution < 1.29 is 4.79 Å². The third-order valence-electron chi connectivity index (χ3n) is 2.76. The van der Waals surface area contributed by atoms with E-state index in [1.54, 1.807) is 0 Å². The molecule has 0 atom stereocenters. The summed E-state index contributed by atoms with van der Waals surface area (Å²) >= 11 is 0. The first kappa shape index (κ1) is 13.5. The molecule has 2 N–H and O–H groups in total. The molecule has 5 nitrogen and oxygen atoms in total. The molecular weight excluding hydrogens is 216 g/mol. The quantitative estimate of drug-likeness (QED) is 0.743. The van der Waals surface area contributed by atoms with Crippen molar-refractivity contribution in [1.29, 1.82) is 0 Å². The maximum atomic E-state index is 11.4. The first-order chi connectivity index (χ1) is 8.19. The molecule has 0 aliphatic heterocycles.